The van der Waals surface area contributed by atoms with Gasteiger partial charge in [-0.15, -0.1) is 0 Å². The lowest BCUT2D eigenvalue weighted by atomic mass is 10.1. The Kier molecular flexibility index (Phi) is 3.79. The van der Waals surface area contributed by atoms with Gasteiger partial charge in [0.15, 0.2) is 0 Å². The first-order chi connectivity index (χ1) is 8.15. The zero-order valence-corrected chi connectivity index (χ0v) is 10.3. The molecule has 1 saturated carbocycles. The molecule has 0 aromatic heterocycles. The van der Waals surface area contributed by atoms with Crippen molar-refractivity contribution in [2.75, 3.05) is 0 Å². The van der Waals surface area contributed by atoms with Crippen LogP contribution in [0, 0.1) is 12.8 Å². The van der Waals surface area contributed by atoms with Gasteiger partial charge in [-0.2, -0.15) is 0 Å². The minimum absolute atomic E-state index is 0.0486. The zero-order valence-electron chi connectivity index (χ0n) is 10.3. The lowest BCUT2D eigenvalue weighted by molar-refractivity contribution is -0.121. The Balaban J connectivity index is 1.75. The number of nitrogens with one attached hydrogen (secondary N) is 1. The summed E-state index contributed by atoms with van der Waals surface area (Å²) in [6.07, 6.45) is 2.83. The van der Waals surface area contributed by atoms with Crippen LogP contribution in [0.1, 0.15) is 30.4 Å². The van der Waals surface area contributed by atoms with E-state index in [4.69, 9.17) is 5.73 Å². The molecule has 0 radical (unpaired) electrons. The van der Waals surface area contributed by atoms with Crippen molar-refractivity contribution in [1.29, 1.82) is 0 Å². The molecule has 17 heavy (non-hydrogen) atoms. The van der Waals surface area contributed by atoms with E-state index < -0.39 is 0 Å². The van der Waals surface area contributed by atoms with Crippen molar-refractivity contribution in [2.24, 2.45) is 11.7 Å². The second-order valence-corrected chi connectivity index (χ2v) is 4.97. The minimum Gasteiger partial charge on any atom is -0.352 e. The van der Waals surface area contributed by atoms with Crippen LogP contribution in [-0.2, 0) is 11.3 Å². The number of nitrogens with two attached hydrogens (primary N) is 1. The van der Waals surface area contributed by atoms with Crippen LogP contribution in [-0.4, -0.2) is 11.9 Å². The lowest BCUT2D eigenvalue weighted by Gasteiger charge is -2.10. The number of rotatable bonds is 5. The van der Waals surface area contributed by atoms with Gasteiger partial charge in [-0.25, -0.2) is 0 Å². The molecule has 0 heterocycles. The highest BCUT2D eigenvalue weighted by atomic mass is 16.1. The molecule has 3 nitrogen and oxygen atoms in total. The van der Waals surface area contributed by atoms with Crippen LogP contribution in [0.5, 0.6) is 0 Å². The molecule has 0 aliphatic heterocycles. The SMILES string of the molecule is Cc1cccc(CNC(=O)CC(N)C2CC2)c1. The van der Waals surface area contributed by atoms with Gasteiger partial charge in [-0.05, 0) is 31.2 Å². The fourth-order valence-corrected chi connectivity index (χ4v) is 2.00. The van der Waals surface area contributed by atoms with Gasteiger partial charge in [0.25, 0.3) is 0 Å². The molecule has 3 heteroatoms. The van der Waals surface area contributed by atoms with Crippen LogP contribution in [0.2, 0.25) is 0 Å². The van der Waals surface area contributed by atoms with E-state index in [0.717, 1.165) is 5.56 Å². The fourth-order valence-electron chi connectivity index (χ4n) is 2.00. The van der Waals surface area contributed by atoms with Crippen molar-refractivity contribution in [3.63, 3.8) is 0 Å². The van der Waals surface area contributed by atoms with Crippen molar-refractivity contribution in [3.05, 3.63) is 35.4 Å². The van der Waals surface area contributed by atoms with E-state index in [1.807, 2.05) is 25.1 Å². The minimum atomic E-state index is 0.0486. The Morgan fingerprint density at radius 1 is 1.53 bits per heavy atom. The van der Waals surface area contributed by atoms with E-state index in [1.54, 1.807) is 0 Å². The molecule has 2 rings (SSSR count). The second-order valence-electron chi connectivity index (χ2n) is 4.97. The van der Waals surface area contributed by atoms with E-state index in [2.05, 4.69) is 11.4 Å². The molecule has 1 fully saturated rings. The fraction of sp³-hybridized carbons (Fsp3) is 0.500. The third-order valence-electron chi connectivity index (χ3n) is 3.22. The van der Waals surface area contributed by atoms with E-state index in [0.29, 0.717) is 18.9 Å². The van der Waals surface area contributed by atoms with Gasteiger partial charge in [0.2, 0.25) is 5.91 Å². The normalized spacial score (nSPS) is 16.6. The van der Waals surface area contributed by atoms with Gasteiger partial charge >= 0.3 is 0 Å². The highest BCUT2D eigenvalue weighted by Gasteiger charge is 2.29. The van der Waals surface area contributed by atoms with E-state index >= 15 is 0 Å². The number of hydrogen-bond acceptors (Lipinski definition) is 2. The standard InChI is InChI=1S/C14H20N2O/c1-10-3-2-4-11(7-10)9-16-14(17)8-13(15)12-5-6-12/h2-4,7,12-13H,5-6,8-9,15H2,1H3,(H,16,17). The summed E-state index contributed by atoms with van der Waals surface area (Å²) in [7, 11) is 0. The zero-order chi connectivity index (χ0) is 12.3. The largest absolute Gasteiger partial charge is 0.352 e. The molecule has 1 aromatic rings. The third kappa shape index (κ3) is 3.86. The topological polar surface area (TPSA) is 55.1 Å². The molecule has 92 valence electrons. The molecule has 1 atom stereocenters. The molecule has 0 bridgehead atoms. The van der Waals surface area contributed by atoms with Crippen molar-refractivity contribution >= 4 is 5.91 Å². The summed E-state index contributed by atoms with van der Waals surface area (Å²) in [5, 5.41) is 2.92. The summed E-state index contributed by atoms with van der Waals surface area (Å²) in [6.45, 7) is 2.65. The summed E-state index contributed by atoms with van der Waals surface area (Å²) in [4.78, 5) is 11.7. The maximum Gasteiger partial charge on any atom is 0.221 e. The van der Waals surface area contributed by atoms with Crippen LogP contribution >= 0.6 is 0 Å². The first-order valence-corrected chi connectivity index (χ1v) is 6.23. The van der Waals surface area contributed by atoms with Crippen molar-refractivity contribution < 1.29 is 4.79 Å². The molecule has 0 saturated heterocycles. The monoisotopic (exact) mass is 232 g/mol. The number of benzene rings is 1. The molecule has 3 N–H and O–H groups in total. The number of hydrogen-bond donors (Lipinski definition) is 2. The average Bonchev–Trinajstić information content (AvgIpc) is 3.10. The summed E-state index contributed by atoms with van der Waals surface area (Å²) >= 11 is 0. The van der Waals surface area contributed by atoms with E-state index in [-0.39, 0.29) is 11.9 Å². The number of aryl methyl sites for hydroxylation is 1. The van der Waals surface area contributed by atoms with Gasteiger partial charge in [0.1, 0.15) is 0 Å². The first-order valence-electron chi connectivity index (χ1n) is 6.23. The maximum atomic E-state index is 11.7. The molecule has 1 unspecified atom stereocenters. The van der Waals surface area contributed by atoms with E-state index in [1.165, 1.54) is 18.4 Å². The van der Waals surface area contributed by atoms with E-state index in [9.17, 15) is 4.79 Å². The number of carbonyl (C=O) groups excluding carboxylic acids is 1. The average molecular weight is 232 g/mol. The highest BCUT2D eigenvalue weighted by molar-refractivity contribution is 5.76. The van der Waals surface area contributed by atoms with Crippen molar-refractivity contribution in [1.82, 2.24) is 5.32 Å². The van der Waals surface area contributed by atoms with Crippen LogP contribution in [0.25, 0.3) is 0 Å². The van der Waals surface area contributed by atoms with Gasteiger partial charge in [-0.1, -0.05) is 29.8 Å². The summed E-state index contributed by atoms with van der Waals surface area (Å²) in [5.74, 6) is 0.644. The Bertz CT molecular complexity index is 399. The smallest absolute Gasteiger partial charge is 0.221 e. The van der Waals surface area contributed by atoms with Crippen LogP contribution in [0.3, 0.4) is 0 Å². The maximum absolute atomic E-state index is 11.7. The molecular weight excluding hydrogens is 212 g/mol. The lowest BCUT2D eigenvalue weighted by Crippen LogP contribution is -2.32. The predicted octanol–water partition coefficient (Wildman–Crippen LogP) is 1.74. The predicted molar refractivity (Wildman–Crippen MR) is 68.3 cm³/mol. The molecule has 1 aromatic carbocycles. The van der Waals surface area contributed by atoms with Gasteiger partial charge in [-0.3, -0.25) is 4.79 Å². The third-order valence-corrected chi connectivity index (χ3v) is 3.22. The summed E-state index contributed by atoms with van der Waals surface area (Å²) < 4.78 is 0. The summed E-state index contributed by atoms with van der Waals surface area (Å²) in [5.41, 5.74) is 8.26. The number of amides is 1. The van der Waals surface area contributed by atoms with Gasteiger partial charge in [0, 0.05) is 19.0 Å². The Labute approximate surface area is 102 Å². The highest BCUT2D eigenvalue weighted by Crippen LogP contribution is 2.32. The first kappa shape index (κ1) is 12.1. The molecular formula is C14H20N2O. The molecule has 1 aliphatic rings. The molecule has 1 aliphatic carbocycles. The van der Waals surface area contributed by atoms with Crippen LogP contribution in [0.15, 0.2) is 24.3 Å². The summed E-state index contributed by atoms with van der Waals surface area (Å²) in [6, 6.07) is 8.21. The van der Waals surface area contributed by atoms with Gasteiger partial charge in [0.05, 0.1) is 0 Å². The van der Waals surface area contributed by atoms with Crippen molar-refractivity contribution in [3.8, 4) is 0 Å². The quantitative estimate of drug-likeness (QED) is 0.812. The van der Waals surface area contributed by atoms with Crippen molar-refractivity contribution in [2.45, 2.75) is 38.8 Å². The van der Waals surface area contributed by atoms with Crippen LogP contribution < -0.4 is 11.1 Å². The number of carbonyl (C=O) groups is 1. The molecule has 0 spiro atoms. The Hall–Kier alpha value is -1.35. The Morgan fingerprint density at radius 2 is 2.29 bits per heavy atom. The van der Waals surface area contributed by atoms with Crippen LogP contribution in [0.4, 0.5) is 0 Å². The van der Waals surface area contributed by atoms with Gasteiger partial charge < -0.3 is 11.1 Å². The molecule has 1 amide bonds. The second kappa shape index (κ2) is 5.32. The Morgan fingerprint density at radius 3 is 2.94 bits per heavy atom.